The van der Waals surface area contributed by atoms with Crippen LogP contribution in [0.5, 0.6) is 0 Å². The molecular weight excluding hydrogens is 453 g/mol. The molecule has 9 heteroatoms. The molecule has 2 heterocycles. The van der Waals surface area contributed by atoms with Crippen molar-refractivity contribution >= 4 is 41.1 Å². The minimum atomic E-state index is -0.539. The van der Waals surface area contributed by atoms with Crippen LogP contribution in [0.3, 0.4) is 0 Å². The van der Waals surface area contributed by atoms with Crippen LogP contribution in [0.25, 0.3) is 0 Å². The van der Waals surface area contributed by atoms with Crippen molar-refractivity contribution in [2.45, 2.75) is 58.1 Å². The normalized spacial score (nSPS) is 20.1. The van der Waals surface area contributed by atoms with Gasteiger partial charge in [-0.15, -0.1) is 0 Å². The summed E-state index contributed by atoms with van der Waals surface area (Å²) in [6, 6.07) is 4.83. The van der Waals surface area contributed by atoms with E-state index in [4.69, 9.17) is 27.9 Å². The van der Waals surface area contributed by atoms with Gasteiger partial charge in [-0.05, 0) is 64.7 Å². The van der Waals surface area contributed by atoms with Gasteiger partial charge in [-0.1, -0.05) is 23.2 Å². The van der Waals surface area contributed by atoms with E-state index >= 15 is 0 Å². The van der Waals surface area contributed by atoms with Crippen LogP contribution in [0.4, 0.5) is 4.79 Å². The quantitative estimate of drug-likeness (QED) is 0.692. The lowest BCUT2D eigenvalue weighted by Gasteiger charge is -2.38. The van der Waals surface area contributed by atoms with E-state index in [1.54, 1.807) is 23.1 Å². The number of benzene rings is 1. The van der Waals surface area contributed by atoms with Crippen molar-refractivity contribution in [2.75, 3.05) is 26.2 Å². The molecule has 1 N–H and O–H groups in total. The van der Waals surface area contributed by atoms with E-state index < -0.39 is 11.7 Å². The number of carbonyl (C=O) groups excluding carboxylic acids is 3. The van der Waals surface area contributed by atoms with E-state index in [-0.39, 0.29) is 23.8 Å². The van der Waals surface area contributed by atoms with Crippen LogP contribution in [0.1, 0.15) is 56.8 Å². The van der Waals surface area contributed by atoms with Crippen molar-refractivity contribution in [3.8, 4) is 0 Å². The Morgan fingerprint density at radius 2 is 1.69 bits per heavy atom. The highest BCUT2D eigenvalue weighted by Crippen LogP contribution is 2.26. The number of likely N-dealkylation sites (tertiary alicyclic amines) is 2. The summed E-state index contributed by atoms with van der Waals surface area (Å²) in [6.45, 7) is 7.65. The molecule has 2 aliphatic heterocycles. The van der Waals surface area contributed by atoms with Crippen LogP contribution in [0.2, 0.25) is 10.0 Å². The summed E-state index contributed by atoms with van der Waals surface area (Å²) in [6.07, 6.45) is 2.49. The third-order valence-corrected chi connectivity index (χ3v) is 6.49. The maximum absolute atomic E-state index is 13.1. The number of hydrogen-bond donors (Lipinski definition) is 1. The summed E-state index contributed by atoms with van der Waals surface area (Å²) in [5.74, 6) is -0.278. The second-order valence-corrected chi connectivity index (χ2v) is 10.3. The van der Waals surface area contributed by atoms with Gasteiger partial charge in [0.1, 0.15) is 5.60 Å². The lowest BCUT2D eigenvalue weighted by molar-refractivity contribution is -0.138. The Balaban J connectivity index is 1.51. The Kier molecular flexibility index (Phi) is 7.93. The predicted octanol–water partition coefficient (Wildman–Crippen LogP) is 4.36. The number of hydrogen-bond acceptors (Lipinski definition) is 4. The first-order valence-electron chi connectivity index (χ1n) is 11.1. The number of ether oxygens (including phenoxy) is 1. The molecule has 1 atom stereocenters. The predicted molar refractivity (Wildman–Crippen MR) is 124 cm³/mol. The SMILES string of the molecule is CC(C)(C)OC(=O)NC1CCN(C(=O)C2CCCN(C(=O)c3ccc(Cl)c(Cl)c3)C2)CC1. The van der Waals surface area contributed by atoms with Gasteiger partial charge in [-0.25, -0.2) is 4.79 Å². The van der Waals surface area contributed by atoms with Crippen LogP contribution >= 0.6 is 23.2 Å². The number of amides is 3. The number of rotatable bonds is 3. The zero-order valence-corrected chi connectivity index (χ0v) is 20.3. The van der Waals surface area contributed by atoms with Crippen LogP contribution in [0.15, 0.2) is 18.2 Å². The minimum Gasteiger partial charge on any atom is -0.444 e. The Morgan fingerprint density at radius 3 is 2.31 bits per heavy atom. The average molecular weight is 484 g/mol. The Bertz CT molecular complexity index is 863. The molecule has 32 heavy (non-hydrogen) atoms. The summed E-state index contributed by atoms with van der Waals surface area (Å²) in [5.41, 5.74) is -0.0657. The van der Waals surface area contributed by atoms with Crippen molar-refractivity contribution in [2.24, 2.45) is 5.92 Å². The number of carbonyl (C=O) groups is 3. The van der Waals surface area contributed by atoms with E-state index in [1.807, 2.05) is 25.7 Å². The Morgan fingerprint density at radius 1 is 1.00 bits per heavy atom. The van der Waals surface area contributed by atoms with Crippen molar-refractivity contribution < 1.29 is 19.1 Å². The lowest BCUT2D eigenvalue weighted by Crippen LogP contribution is -2.51. The molecule has 1 aromatic carbocycles. The first-order valence-corrected chi connectivity index (χ1v) is 11.8. The first kappa shape index (κ1) is 24.6. The van der Waals surface area contributed by atoms with Gasteiger partial charge in [-0.2, -0.15) is 0 Å². The monoisotopic (exact) mass is 483 g/mol. The van der Waals surface area contributed by atoms with Gasteiger partial charge in [0.25, 0.3) is 5.91 Å². The fraction of sp³-hybridized carbons (Fsp3) is 0.609. The fourth-order valence-electron chi connectivity index (χ4n) is 4.15. The molecule has 2 saturated heterocycles. The topological polar surface area (TPSA) is 79.0 Å². The summed E-state index contributed by atoms with van der Waals surface area (Å²) in [5, 5.41) is 3.63. The third kappa shape index (κ3) is 6.51. The molecule has 1 unspecified atom stereocenters. The molecule has 0 bridgehead atoms. The second kappa shape index (κ2) is 10.3. The van der Waals surface area contributed by atoms with Gasteiger partial charge in [0.15, 0.2) is 0 Å². The molecule has 7 nitrogen and oxygen atoms in total. The zero-order valence-electron chi connectivity index (χ0n) is 18.8. The number of nitrogens with zero attached hydrogens (tertiary/aromatic N) is 2. The van der Waals surface area contributed by atoms with Crippen molar-refractivity contribution in [3.63, 3.8) is 0 Å². The molecule has 176 valence electrons. The highest BCUT2D eigenvalue weighted by Gasteiger charge is 2.33. The highest BCUT2D eigenvalue weighted by atomic mass is 35.5. The second-order valence-electron chi connectivity index (χ2n) is 9.46. The van der Waals surface area contributed by atoms with Gasteiger partial charge < -0.3 is 19.9 Å². The van der Waals surface area contributed by atoms with E-state index in [0.717, 1.165) is 12.8 Å². The maximum Gasteiger partial charge on any atom is 0.407 e. The molecule has 0 spiro atoms. The number of alkyl carbamates (subject to hydrolysis) is 1. The van der Waals surface area contributed by atoms with E-state index in [2.05, 4.69) is 5.32 Å². The highest BCUT2D eigenvalue weighted by molar-refractivity contribution is 6.42. The lowest BCUT2D eigenvalue weighted by atomic mass is 9.94. The Hall–Kier alpha value is -1.99. The van der Waals surface area contributed by atoms with Crippen molar-refractivity contribution in [1.82, 2.24) is 15.1 Å². The molecule has 2 fully saturated rings. The van der Waals surface area contributed by atoms with Gasteiger partial charge in [0.05, 0.1) is 16.0 Å². The number of piperidine rings is 2. The van der Waals surface area contributed by atoms with Gasteiger partial charge in [-0.3, -0.25) is 9.59 Å². The zero-order chi connectivity index (χ0) is 23.5. The molecule has 0 radical (unpaired) electrons. The average Bonchev–Trinajstić information content (AvgIpc) is 2.74. The van der Waals surface area contributed by atoms with Gasteiger partial charge >= 0.3 is 6.09 Å². The van der Waals surface area contributed by atoms with Crippen molar-refractivity contribution in [3.05, 3.63) is 33.8 Å². The molecule has 1 aromatic rings. The van der Waals surface area contributed by atoms with Crippen LogP contribution in [0, 0.1) is 5.92 Å². The van der Waals surface area contributed by atoms with Crippen LogP contribution < -0.4 is 5.32 Å². The molecule has 0 aliphatic carbocycles. The fourth-order valence-corrected chi connectivity index (χ4v) is 4.45. The van der Waals surface area contributed by atoms with Gasteiger partial charge in [0.2, 0.25) is 5.91 Å². The number of halogens is 2. The van der Waals surface area contributed by atoms with E-state index in [9.17, 15) is 14.4 Å². The molecular formula is C23H31Cl2N3O4. The molecule has 2 aliphatic rings. The Labute approximate surface area is 199 Å². The summed E-state index contributed by atoms with van der Waals surface area (Å²) in [7, 11) is 0. The smallest absolute Gasteiger partial charge is 0.407 e. The summed E-state index contributed by atoms with van der Waals surface area (Å²) >= 11 is 12.0. The first-order chi connectivity index (χ1) is 15.0. The van der Waals surface area contributed by atoms with Gasteiger partial charge in [0, 0.05) is 37.8 Å². The summed E-state index contributed by atoms with van der Waals surface area (Å²) in [4.78, 5) is 41.6. The molecule has 0 aromatic heterocycles. The van der Waals surface area contributed by atoms with E-state index in [0.29, 0.717) is 54.6 Å². The van der Waals surface area contributed by atoms with Crippen LogP contribution in [-0.4, -0.2) is 65.5 Å². The maximum atomic E-state index is 13.1. The molecule has 3 amide bonds. The molecule has 3 rings (SSSR count). The molecule has 0 saturated carbocycles. The third-order valence-electron chi connectivity index (χ3n) is 5.75. The van der Waals surface area contributed by atoms with E-state index in [1.165, 1.54) is 0 Å². The number of nitrogens with one attached hydrogen (secondary N) is 1. The minimum absolute atomic E-state index is 0.00650. The van der Waals surface area contributed by atoms with Crippen molar-refractivity contribution in [1.29, 1.82) is 0 Å². The standard InChI is InChI=1S/C23H31Cl2N3O4/c1-23(2,3)32-22(31)26-17-8-11-27(12-9-17)21(30)16-5-4-10-28(14-16)20(29)15-6-7-18(24)19(25)13-15/h6-7,13,16-17H,4-5,8-12,14H2,1-3H3,(H,26,31). The largest absolute Gasteiger partial charge is 0.444 e. The summed E-state index contributed by atoms with van der Waals surface area (Å²) < 4.78 is 5.31. The van der Waals surface area contributed by atoms with Crippen LogP contribution in [-0.2, 0) is 9.53 Å².